The normalized spacial score (nSPS) is 12.7. The molecule has 0 aliphatic carbocycles. The molecule has 4 rings (SSSR count). The highest BCUT2D eigenvalue weighted by Gasteiger charge is 2.36. The fourth-order valence-electron chi connectivity index (χ4n) is 5.10. The lowest BCUT2D eigenvalue weighted by molar-refractivity contribution is -0.140. The van der Waals surface area contributed by atoms with Crippen LogP contribution in [0.4, 0.5) is 5.69 Å². The van der Waals surface area contributed by atoms with Crippen molar-refractivity contribution in [3.8, 4) is 0 Å². The van der Waals surface area contributed by atoms with E-state index >= 15 is 0 Å². The SMILES string of the molecule is CC[C@H](C)NC(=O)[C@@H](Cc1ccccc1)N(Cc1c(Cl)cccc1Cl)C(=O)CN(c1ccc(Cl)cc1C)S(=O)(=O)c1ccc(C)cc1. The van der Waals surface area contributed by atoms with Crippen LogP contribution < -0.4 is 9.62 Å². The third kappa shape index (κ3) is 9.08. The Morgan fingerprint density at radius 3 is 2.09 bits per heavy atom. The zero-order valence-corrected chi connectivity index (χ0v) is 29.8. The van der Waals surface area contributed by atoms with Crippen LogP contribution in [-0.4, -0.2) is 43.8 Å². The number of hydrogen-bond donors (Lipinski definition) is 1. The molecule has 248 valence electrons. The molecule has 4 aromatic rings. The first-order chi connectivity index (χ1) is 22.3. The number of anilines is 1. The van der Waals surface area contributed by atoms with Crippen LogP contribution in [0.15, 0.2) is 95.9 Å². The third-order valence-electron chi connectivity index (χ3n) is 7.98. The molecule has 0 spiro atoms. The van der Waals surface area contributed by atoms with Gasteiger partial charge in [0.2, 0.25) is 11.8 Å². The van der Waals surface area contributed by atoms with Crippen molar-refractivity contribution in [2.45, 2.75) is 64.1 Å². The zero-order chi connectivity index (χ0) is 34.3. The molecule has 0 unspecified atom stereocenters. The molecule has 0 fully saturated rings. The van der Waals surface area contributed by atoms with E-state index < -0.39 is 28.5 Å². The van der Waals surface area contributed by atoms with Crippen molar-refractivity contribution in [3.63, 3.8) is 0 Å². The Kier molecular flexibility index (Phi) is 12.4. The highest BCUT2D eigenvalue weighted by Crippen LogP contribution is 2.31. The average molecular weight is 715 g/mol. The number of carbonyl (C=O) groups is 2. The number of sulfonamides is 1. The van der Waals surface area contributed by atoms with E-state index in [9.17, 15) is 18.0 Å². The summed E-state index contributed by atoms with van der Waals surface area (Å²) in [6, 6.07) is 24.3. The van der Waals surface area contributed by atoms with Crippen molar-refractivity contribution in [1.82, 2.24) is 10.2 Å². The summed E-state index contributed by atoms with van der Waals surface area (Å²) in [5, 5.41) is 4.07. The minimum absolute atomic E-state index is 0.0151. The van der Waals surface area contributed by atoms with Crippen LogP contribution in [0.5, 0.6) is 0 Å². The smallest absolute Gasteiger partial charge is 0.264 e. The molecule has 0 saturated heterocycles. The van der Waals surface area contributed by atoms with Crippen LogP contribution in [0.1, 0.15) is 42.5 Å². The zero-order valence-electron chi connectivity index (χ0n) is 26.7. The average Bonchev–Trinajstić information content (AvgIpc) is 3.03. The van der Waals surface area contributed by atoms with Crippen molar-refractivity contribution in [1.29, 1.82) is 0 Å². The Labute approximate surface area is 292 Å². The number of hydrogen-bond acceptors (Lipinski definition) is 4. The minimum atomic E-state index is -4.26. The Morgan fingerprint density at radius 2 is 1.49 bits per heavy atom. The Balaban J connectivity index is 1.87. The summed E-state index contributed by atoms with van der Waals surface area (Å²) < 4.78 is 29.6. The van der Waals surface area contributed by atoms with E-state index in [2.05, 4.69) is 5.32 Å². The van der Waals surface area contributed by atoms with Crippen LogP contribution in [-0.2, 0) is 32.6 Å². The highest BCUT2D eigenvalue weighted by molar-refractivity contribution is 7.92. The Bertz CT molecular complexity index is 1800. The van der Waals surface area contributed by atoms with Crippen molar-refractivity contribution >= 4 is 62.3 Å². The predicted octanol–water partition coefficient (Wildman–Crippen LogP) is 8.01. The van der Waals surface area contributed by atoms with E-state index in [1.165, 1.54) is 17.0 Å². The molecule has 0 radical (unpaired) electrons. The summed E-state index contributed by atoms with van der Waals surface area (Å²) in [5.41, 5.74) is 2.97. The van der Waals surface area contributed by atoms with Gasteiger partial charge in [0.25, 0.3) is 10.0 Å². The number of carbonyl (C=O) groups excluding carboxylic acids is 2. The molecule has 47 heavy (non-hydrogen) atoms. The van der Waals surface area contributed by atoms with Gasteiger partial charge in [0.15, 0.2) is 0 Å². The van der Waals surface area contributed by atoms with E-state index in [1.54, 1.807) is 55.5 Å². The van der Waals surface area contributed by atoms with E-state index in [0.717, 1.165) is 15.4 Å². The van der Waals surface area contributed by atoms with E-state index in [-0.39, 0.29) is 35.5 Å². The highest BCUT2D eigenvalue weighted by atomic mass is 35.5. The summed E-state index contributed by atoms with van der Waals surface area (Å²) in [6.45, 7) is 6.67. The minimum Gasteiger partial charge on any atom is -0.352 e. The van der Waals surface area contributed by atoms with Crippen LogP contribution in [0, 0.1) is 13.8 Å². The van der Waals surface area contributed by atoms with Gasteiger partial charge in [-0.3, -0.25) is 13.9 Å². The number of nitrogens with zero attached hydrogens (tertiary/aromatic N) is 2. The number of halogens is 3. The predicted molar refractivity (Wildman–Crippen MR) is 191 cm³/mol. The molecule has 2 atom stereocenters. The van der Waals surface area contributed by atoms with Crippen LogP contribution >= 0.6 is 34.8 Å². The number of rotatable bonds is 13. The summed E-state index contributed by atoms with van der Waals surface area (Å²) in [4.78, 5) is 30.1. The topological polar surface area (TPSA) is 86.8 Å². The summed E-state index contributed by atoms with van der Waals surface area (Å²) in [5.74, 6) is -0.999. The Morgan fingerprint density at radius 1 is 0.851 bits per heavy atom. The fourth-order valence-corrected chi connectivity index (χ4v) is 7.32. The lowest BCUT2D eigenvalue weighted by Crippen LogP contribution is -2.54. The van der Waals surface area contributed by atoms with Crippen molar-refractivity contribution < 1.29 is 18.0 Å². The van der Waals surface area contributed by atoms with E-state index in [0.29, 0.717) is 32.6 Å². The quantitative estimate of drug-likeness (QED) is 0.152. The maximum atomic E-state index is 14.7. The number of amides is 2. The van der Waals surface area contributed by atoms with Gasteiger partial charge >= 0.3 is 0 Å². The summed E-state index contributed by atoms with van der Waals surface area (Å²) in [7, 11) is -4.26. The molecule has 0 aromatic heterocycles. The molecular formula is C36H38Cl3N3O4S. The lowest BCUT2D eigenvalue weighted by Gasteiger charge is -2.35. The van der Waals surface area contributed by atoms with Gasteiger partial charge < -0.3 is 10.2 Å². The molecule has 7 nitrogen and oxygen atoms in total. The first kappa shape index (κ1) is 36.3. The molecule has 0 bridgehead atoms. The van der Waals surface area contributed by atoms with Gasteiger partial charge in [-0.2, -0.15) is 0 Å². The molecular weight excluding hydrogens is 677 g/mol. The van der Waals surface area contributed by atoms with Crippen LogP contribution in [0.25, 0.3) is 0 Å². The first-order valence-corrected chi connectivity index (χ1v) is 17.8. The van der Waals surface area contributed by atoms with Gasteiger partial charge in [0, 0.05) is 39.6 Å². The molecule has 0 aliphatic heterocycles. The van der Waals surface area contributed by atoms with Gasteiger partial charge in [0.05, 0.1) is 10.6 Å². The van der Waals surface area contributed by atoms with Gasteiger partial charge in [-0.05, 0) is 80.8 Å². The van der Waals surface area contributed by atoms with Crippen molar-refractivity contribution in [2.24, 2.45) is 0 Å². The monoisotopic (exact) mass is 713 g/mol. The number of benzene rings is 4. The molecule has 2 amide bonds. The molecule has 4 aromatic carbocycles. The summed E-state index contributed by atoms with van der Waals surface area (Å²) >= 11 is 19.4. The van der Waals surface area contributed by atoms with Gasteiger partial charge in [-0.15, -0.1) is 0 Å². The maximum Gasteiger partial charge on any atom is 0.264 e. The molecule has 0 saturated carbocycles. The Hall–Kier alpha value is -3.56. The van der Waals surface area contributed by atoms with Crippen molar-refractivity contribution in [2.75, 3.05) is 10.8 Å². The first-order valence-electron chi connectivity index (χ1n) is 15.2. The van der Waals surface area contributed by atoms with Crippen LogP contribution in [0.2, 0.25) is 15.1 Å². The fraction of sp³-hybridized carbons (Fsp3) is 0.278. The largest absolute Gasteiger partial charge is 0.352 e. The molecule has 11 heteroatoms. The second-order valence-electron chi connectivity index (χ2n) is 11.5. The second-order valence-corrected chi connectivity index (χ2v) is 14.6. The van der Waals surface area contributed by atoms with Gasteiger partial charge in [-0.1, -0.05) is 95.8 Å². The molecule has 0 aliphatic rings. The molecule has 0 heterocycles. The van der Waals surface area contributed by atoms with Gasteiger partial charge in [-0.25, -0.2) is 8.42 Å². The number of aryl methyl sites for hydroxylation is 2. The lowest BCUT2D eigenvalue weighted by atomic mass is 10.0. The van der Waals surface area contributed by atoms with E-state index in [4.69, 9.17) is 34.8 Å². The van der Waals surface area contributed by atoms with Gasteiger partial charge in [0.1, 0.15) is 12.6 Å². The van der Waals surface area contributed by atoms with E-state index in [1.807, 2.05) is 51.1 Å². The standard InChI is InChI=1S/C36H38Cl3N3O4S/c1-5-26(4)40-36(44)34(21-27-10-7-6-8-11-27)41(22-30-31(38)12-9-13-32(30)39)35(43)23-42(33-19-16-28(37)20-25(33)3)47(45,46)29-17-14-24(2)15-18-29/h6-20,26,34H,5,21-23H2,1-4H3,(H,40,44)/t26-,34+/m0/s1. The third-order valence-corrected chi connectivity index (χ3v) is 10.7. The maximum absolute atomic E-state index is 14.7. The van der Waals surface area contributed by atoms with Crippen LogP contribution in [0.3, 0.4) is 0 Å². The number of nitrogens with one attached hydrogen (secondary N) is 1. The van der Waals surface area contributed by atoms with Crippen molar-refractivity contribution in [3.05, 3.63) is 128 Å². The summed E-state index contributed by atoms with van der Waals surface area (Å²) in [6.07, 6.45) is 0.841. The molecule has 1 N–H and O–H groups in total. The second kappa shape index (κ2) is 16.0.